The van der Waals surface area contributed by atoms with Crippen molar-refractivity contribution in [1.29, 1.82) is 0 Å². The fraction of sp³-hybridized carbons (Fsp3) is 0.150. The number of para-hydroxylation sites is 1. The van der Waals surface area contributed by atoms with E-state index in [9.17, 15) is 0 Å². The fourth-order valence-electron chi connectivity index (χ4n) is 2.90. The van der Waals surface area contributed by atoms with Crippen LogP contribution in [0, 0.1) is 0 Å². The lowest BCUT2D eigenvalue weighted by Crippen LogP contribution is -2.08. The molecule has 0 aliphatic heterocycles. The van der Waals surface area contributed by atoms with Crippen molar-refractivity contribution in [3.05, 3.63) is 78.5 Å². The average Bonchev–Trinajstić information content (AvgIpc) is 3.11. The number of H-pyrrole nitrogens is 1. The van der Waals surface area contributed by atoms with E-state index in [0.717, 1.165) is 30.3 Å². The van der Waals surface area contributed by atoms with Crippen LogP contribution in [0.1, 0.15) is 11.3 Å². The number of aromatic nitrogens is 4. The number of hydrogen-bond donors (Lipinski definition) is 3. The highest BCUT2D eigenvalue weighted by atomic mass is 15.1. The Labute approximate surface area is 151 Å². The Morgan fingerprint density at radius 1 is 0.885 bits per heavy atom. The van der Waals surface area contributed by atoms with Crippen LogP contribution in [0.4, 0.5) is 11.6 Å². The van der Waals surface area contributed by atoms with Crippen LogP contribution in [0.2, 0.25) is 0 Å². The number of hydrogen-bond acceptors (Lipinski definition) is 5. The van der Waals surface area contributed by atoms with Crippen molar-refractivity contribution in [3.8, 4) is 0 Å². The number of fused-ring (bicyclic) bond motifs is 1. The summed E-state index contributed by atoms with van der Waals surface area (Å²) in [5.41, 5.74) is 3.45. The van der Waals surface area contributed by atoms with Gasteiger partial charge in [0.05, 0.1) is 12.2 Å². The van der Waals surface area contributed by atoms with Crippen molar-refractivity contribution in [1.82, 2.24) is 19.9 Å². The third-order valence-corrected chi connectivity index (χ3v) is 4.22. The maximum atomic E-state index is 4.29. The summed E-state index contributed by atoms with van der Waals surface area (Å²) in [4.78, 5) is 16.2. The Bertz CT molecular complexity index is 980. The zero-order valence-electron chi connectivity index (χ0n) is 14.3. The zero-order chi connectivity index (χ0) is 17.6. The Hall–Kier alpha value is -3.41. The topological polar surface area (TPSA) is 78.5 Å². The molecular weight excluding hydrogens is 324 g/mol. The first-order valence-electron chi connectivity index (χ1n) is 8.63. The van der Waals surface area contributed by atoms with E-state index in [4.69, 9.17) is 0 Å². The lowest BCUT2D eigenvalue weighted by atomic mass is 10.1. The molecule has 3 heterocycles. The first-order chi connectivity index (χ1) is 12.9. The second kappa shape index (κ2) is 7.65. The number of nitrogens with zero attached hydrogens (tertiary/aromatic N) is 3. The summed E-state index contributed by atoms with van der Waals surface area (Å²) < 4.78 is 0. The van der Waals surface area contributed by atoms with Crippen LogP contribution >= 0.6 is 0 Å². The van der Waals surface area contributed by atoms with E-state index in [1.54, 1.807) is 12.5 Å². The molecule has 0 amide bonds. The highest BCUT2D eigenvalue weighted by molar-refractivity contribution is 5.83. The molecule has 1 aromatic carbocycles. The van der Waals surface area contributed by atoms with E-state index in [2.05, 4.69) is 55.0 Å². The Morgan fingerprint density at radius 2 is 1.73 bits per heavy atom. The van der Waals surface area contributed by atoms with Gasteiger partial charge in [0.2, 0.25) is 0 Å². The molecule has 130 valence electrons. The monoisotopic (exact) mass is 344 g/mol. The summed E-state index contributed by atoms with van der Waals surface area (Å²) in [6, 6.07) is 16.1. The van der Waals surface area contributed by atoms with Crippen molar-refractivity contribution >= 4 is 22.5 Å². The van der Waals surface area contributed by atoms with Crippen LogP contribution in [0.15, 0.2) is 67.3 Å². The van der Waals surface area contributed by atoms with Gasteiger partial charge in [-0.15, -0.1) is 0 Å². The van der Waals surface area contributed by atoms with Crippen LogP contribution in [-0.4, -0.2) is 26.5 Å². The van der Waals surface area contributed by atoms with Crippen molar-refractivity contribution < 1.29 is 0 Å². The molecule has 6 nitrogen and oxygen atoms in total. The normalized spacial score (nSPS) is 10.8. The molecule has 0 aliphatic rings. The van der Waals surface area contributed by atoms with Gasteiger partial charge in [0.25, 0.3) is 0 Å². The molecule has 6 heteroatoms. The highest BCUT2D eigenvalue weighted by Gasteiger charge is 2.03. The van der Waals surface area contributed by atoms with Gasteiger partial charge in [0.1, 0.15) is 18.0 Å². The molecule has 3 aromatic heterocycles. The summed E-state index contributed by atoms with van der Waals surface area (Å²) in [6.45, 7) is 1.44. The van der Waals surface area contributed by atoms with Crippen molar-refractivity contribution in [3.63, 3.8) is 0 Å². The molecule has 0 saturated carbocycles. The van der Waals surface area contributed by atoms with Crippen molar-refractivity contribution in [2.45, 2.75) is 13.0 Å². The molecule has 4 aromatic rings. The molecule has 0 bridgehead atoms. The van der Waals surface area contributed by atoms with Crippen molar-refractivity contribution in [2.24, 2.45) is 0 Å². The molecule has 0 aliphatic carbocycles. The number of pyridine rings is 1. The minimum absolute atomic E-state index is 0.632. The van der Waals surface area contributed by atoms with Gasteiger partial charge >= 0.3 is 0 Å². The molecule has 4 rings (SSSR count). The molecular formula is C20H20N6. The SMILES string of the molecule is c1ccc(CNc2cc(NCCc3c[nH]c4ccccc34)ncn2)nc1. The van der Waals surface area contributed by atoms with Crippen LogP contribution in [0.25, 0.3) is 10.9 Å². The van der Waals surface area contributed by atoms with Crippen molar-refractivity contribution in [2.75, 3.05) is 17.2 Å². The van der Waals surface area contributed by atoms with E-state index in [1.807, 2.05) is 30.3 Å². The second-order valence-corrected chi connectivity index (χ2v) is 6.00. The summed E-state index contributed by atoms with van der Waals surface area (Å²) in [6.07, 6.45) is 6.35. The maximum absolute atomic E-state index is 4.29. The molecule has 3 N–H and O–H groups in total. The summed E-state index contributed by atoms with van der Waals surface area (Å²) in [5, 5.41) is 7.91. The largest absolute Gasteiger partial charge is 0.370 e. The number of anilines is 2. The average molecular weight is 344 g/mol. The molecule has 0 unspecified atom stereocenters. The Kier molecular flexibility index (Phi) is 4.73. The molecule has 0 spiro atoms. The first-order valence-corrected chi connectivity index (χ1v) is 8.63. The number of benzene rings is 1. The second-order valence-electron chi connectivity index (χ2n) is 6.00. The molecule has 0 atom stereocenters. The number of aromatic amines is 1. The van der Waals surface area contributed by atoms with E-state index in [1.165, 1.54) is 16.5 Å². The number of rotatable bonds is 7. The van der Waals surface area contributed by atoms with Crippen LogP contribution in [0.5, 0.6) is 0 Å². The minimum Gasteiger partial charge on any atom is -0.370 e. The standard InChI is InChI=1S/C20H20N6/c1-2-7-18-17(6-1)15(12-23-18)8-10-22-19-11-20(26-14-25-19)24-13-16-5-3-4-9-21-16/h1-7,9,11-12,14,23H,8,10,13H2,(H2,22,24,25,26). The highest BCUT2D eigenvalue weighted by Crippen LogP contribution is 2.18. The van der Waals surface area contributed by atoms with Gasteiger partial charge in [0.15, 0.2) is 0 Å². The van der Waals surface area contributed by atoms with Gasteiger partial charge in [-0.2, -0.15) is 0 Å². The van der Waals surface area contributed by atoms with E-state index in [0.29, 0.717) is 6.54 Å². The molecule has 26 heavy (non-hydrogen) atoms. The molecule has 0 radical (unpaired) electrons. The molecule has 0 saturated heterocycles. The van der Waals surface area contributed by atoms with Crippen LogP contribution < -0.4 is 10.6 Å². The van der Waals surface area contributed by atoms with Gasteiger partial charge in [-0.3, -0.25) is 4.98 Å². The predicted octanol–water partition coefficient (Wildman–Crippen LogP) is 3.62. The Balaban J connectivity index is 1.33. The quantitative estimate of drug-likeness (QED) is 0.477. The fourth-order valence-corrected chi connectivity index (χ4v) is 2.90. The summed E-state index contributed by atoms with van der Waals surface area (Å²) in [5.74, 6) is 1.59. The van der Waals surface area contributed by atoms with E-state index < -0.39 is 0 Å². The first kappa shape index (κ1) is 16.1. The predicted molar refractivity (Wildman–Crippen MR) is 104 cm³/mol. The van der Waals surface area contributed by atoms with E-state index in [-0.39, 0.29) is 0 Å². The Morgan fingerprint density at radius 3 is 2.62 bits per heavy atom. The minimum atomic E-state index is 0.632. The zero-order valence-corrected chi connectivity index (χ0v) is 14.3. The third-order valence-electron chi connectivity index (χ3n) is 4.22. The summed E-state index contributed by atoms with van der Waals surface area (Å²) in [7, 11) is 0. The third kappa shape index (κ3) is 3.80. The lowest BCUT2D eigenvalue weighted by Gasteiger charge is -2.08. The van der Waals surface area contributed by atoms with Gasteiger partial charge in [-0.05, 0) is 30.2 Å². The smallest absolute Gasteiger partial charge is 0.131 e. The maximum Gasteiger partial charge on any atom is 0.131 e. The van der Waals surface area contributed by atoms with Crippen LogP contribution in [-0.2, 0) is 13.0 Å². The van der Waals surface area contributed by atoms with Crippen LogP contribution in [0.3, 0.4) is 0 Å². The van der Waals surface area contributed by atoms with Gasteiger partial charge < -0.3 is 15.6 Å². The van der Waals surface area contributed by atoms with E-state index >= 15 is 0 Å². The van der Waals surface area contributed by atoms with Gasteiger partial charge in [-0.1, -0.05) is 24.3 Å². The molecule has 0 fully saturated rings. The number of nitrogens with one attached hydrogen (secondary N) is 3. The summed E-state index contributed by atoms with van der Waals surface area (Å²) >= 11 is 0. The lowest BCUT2D eigenvalue weighted by molar-refractivity contribution is 0.994. The van der Waals surface area contributed by atoms with Gasteiger partial charge in [-0.25, -0.2) is 9.97 Å². The van der Waals surface area contributed by atoms with Gasteiger partial charge in [0, 0.05) is 35.9 Å².